The van der Waals surface area contributed by atoms with E-state index in [9.17, 15) is 9.59 Å². The Bertz CT molecular complexity index is 906. The fourth-order valence-corrected chi connectivity index (χ4v) is 3.69. The van der Waals surface area contributed by atoms with Crippen molar-refractivity contribution in [2.45, 2.75) is 13.3 Å². The number of fused-ring (bicyclic) bond motifs is 1. The van der Waals surface area contributed by atoms with Crippen molar-refractivity contribution in [1.29, 1.82) is 0 Å². The number of amides is 2. The third kappa shape index (κ3) is 2.78. The van der Waals surface area contributed by atoms with Crippen molar-refractivity contribution in [1.82, 2.24) is 0 Å². The second-order valence-electron chi connectivity index (χ2n) is 5.61. The first-order valence-corrected chi connectivity index (χ1v) is 8.74. The summed E-state index contributed by atoms with van der Waals surface area (Å²) in [4.78, 5) is 26.9. The summed E-state index contributed by atoms with van der Waals surface area (Å²) in [5, 5.41) is -0.280. The second kappa shape index (κ2) is 6.29. The van der Waals surface area contributed by atoms with Crippen LogP contribution in [0.1, 0.15) is 18.1 Å². The zero-order valence-corrected chi connectivity index (χ0v) is 14.3. The molecule has 5 nitrogen and oxygen atoms in total. The van der Waals surface area contributed by atoms with Gasteiger partial charge in [-0.05, 0) is 53.6 Å². The molecule has 0 atom stereocenters. The van der Waals surface area contributed by atoms with E-state index < -0.39 is 0 Å². The van der Waals surface area contributed by atoms with Crippen LogP contribution in [-0.4, -0.2) is 17.9 Å². The predicted molar refractivity (Wildman–Crippen MR) is 96.8 cm³/mol. The molecular weight excluding hydrogens is 338 g/mol. The Balaban J connectivity index is 1.67. The van der Waals surface area contributed by atoms with Gasteiger partial charge < -0.3 is 9.47 Å². The number of hydrogen-bond donors (Lipinski definition) is 0. The number of ether oxygens (including phenoxy) is 2. The number of carbonyl (C=O) groups is 2. The molecule has 0 spiro atoms. The Hall–Kier alpha value is -2.73. The van der Waals surface area contributed by atoms with E-state index in [2.05, 4.69) is 0 Å². The minimum atomic E-state index is -0.298. The van der Waals surface area contributed by atoms with Gasteiger partial charge in [0.25, 0.3) is 11.1 Å². The smallest absolute Gasteiger partial charge is 0.298 e. The summed E-state index contributed by atoms with van der Waals surface area (Å²) >= 11 is 0.950. The van der Waals surface area contributed by atoms with Crippen LogP contribution in [0.5, 0.6) is 11.5 Å². The van der Waals surface area contributed by atoms with Gasteiger partial charge in [0, 0.05) is 0 Å². The quantitative estimate of drug-likeness (QED) is 0.774. The molecule has 126 valence electrons. The van der Waals surface area contributed by atoms with E-state index in [-0.39, 0.29) is 17.9 Å². The van der Waals surface area contributed by atoms with Crippen LogP contribution in [0.25, 0.3) is 6.08 Å². The van der Waals surface area contributed by atoms with Crippen molar-refractivity contribution in [3.8, 4) is 11.5 Å². The number of benzene rings is 2. The van der Waals surface area contributed by atoms with E-state index in [4.69, 9.17) is 9.47 Å². The SMILES string of the molecule is CCc1ccccc1N1C(=O)S/C(=C\c2ccc3c(c2)OCO3)C1=O. The van der Waals surface area contributed by atoms with Crippen molar-refractivity contribution < 1.29 is 19.1 Å². The molecule has 2 heterocycles. The Morgan fingerprint density at radius 1 is 1.12 bits per heavy atom. The molecule has 1 saturated heterocycles. The predicted octanol–water partition coefficient (Wildman–Crippen LogP) is 4.22. The Kier molecular flexibility index (Phi) is 3.97. The number of carbonyl (C=O) groups excluding carboxylic acids is 2. The lowest BCUT2D eigenvalue weighted by Gasteiger charge is -2.16. The molecule has 4 rings (SSSR count). The molecule has 25 heavy (non-hydrogen) atoms. The molecule has 0 unspecified atom stereocenters. The van der Waals surface area contributed by atoms with Crippen LogP contribution < -0.4 is 14.4 Å². The Labute approximate surface area is 149 Å². The number of nitrogens with zero attached hydrogens (tertiary/aromatic N) is 1. The Morgan fingerprint density at radius 2 is 1.92 bits per heavy atom. The third-order valence-corrected chi connectivity index (χ3v) is 4.97. The van der Waals surface area contributed by atoms with E-state index in [0.29, 0.717) is 22.1 Å². The van der Waals surface area contributed by atoms with Crippen LogP contribution in [0.3, 0.4) is 0 Å². The fraction of sp³-hybridized carbons (Fsp3) is 0.158. The Morgan fingerprint density at radius 3 is 2.76 bits per heavy atom. The highest BCUT2D eigenvalue weighted by atomic mass is 32.2. The summed E-state index contributed by atoms with van der Waals surface area (Å²) in [6.45, 7) is 2.20. The summed E-state index contributed by atoms with van der Waals surface area (Å²) in [7, 11) is 0. The van der Waals surface area contributed by atoms with Crippen LogP contribution in [0.15, 0.2) is 47.4 Å². The maximum absolute atomic E-state index is 12.8. The van der Waals surface area contributed by atoms with Crippen molar-refractivity contribution in [2.24, 2.45) is 0 Å². The molecule has 2 aromatic carbocycles. The van der Waals surface area contributed by atoms with Crippen LogP contribution in [-0.2, 0) is 11.2 Å². The highest BCUT2D eigenvalue weighted by Gasteiger charge is 2.37. The van der Waals surface area contributed by atoms with Crippen LogP contribution in [0.2, 0.25) is 0 Å². The average Bonchev–Trinajstić information content (AvgIpc) is 3.19. The van der Waals surface area contributed by atoms with Gasteiger partial charge in [0.15, 0.2) is 11.5 Å². The number of hydrogen-bond acceptors (Lipinski definition) is 5. The van der Waals surface area contributed by atoms with Gasteiger partial charge in [-0.3, -0.25) is 9.59 Å². The van der Waals surface area contributed by atoms with Gasteiger partial charge in [0.2, 0.25) is 6.79 Å². The molecule has 2 amide bonds. The maximum Gasteiger partial charge on any atom is 0.298 e. The van der Waals surface area contributed by atoms with E-state index >= 15 is 0 Å². The standard InChI is InChI=1S/C19H15NO4S/c1-2-13-5-3-4-6-14(13)20-18(21)17(25-19(20)22)10-12-7-8-15-16(9-12)24-11-23-15/h3-10H,2,11H2,1H3/b17-10-. The molecule has 0 radical (unpaired) electrons. The topological polar surface area (TPSA) is 55.8 Å². The molecular formula is C19H15NO4S. The van der Waals surface area contributed by atoms with Crippen molar-refractivity contribution in [3.63, 3.8) is 0 Å². The first-order valence-electron chi connectivity index (χ1n) is 7.93. The van der Waals surface area contributed by atoms with Gasteiger partial charge in [-0.25, -0.2) is 4.90 Å². The molecule has 2 aliphatic heterocycles. The summed E-state index contributed by atoms with van der Waals surface area (Å²) < 4.78 is 10.6. The molecule has 2 aromatic rings. The first-order chi connectivity index (χ1) is 12.2. The van der Waals surface area contributed by atoms with E-state index in [0.717, 1.165) is 29.3 Å². The molecule has 0 N–H and O–H groups in total. The summed E-state index contributed by atoms with van der Waals surface area (Å²) in [6.07, 6.45) is 2.46. The molecule has 0 saturated carbocycles. The average molecular weight is 353 g/mol. The molecule has 0 aromatic heterocycles. The van der Waals surface area contributed by atoms with E-state index in [1.165, 1.54) is 4.90 Å². The fourth-order valence-electron chi connectivity index (χ4n) is 2.86. The second-order valence-corrected chi connectivity index (χ2v) is 6.61. The number of anilines is 1. The third-order valence-electron chi connectivity index (χ3n) is 4.10. The molecule has 0 bridgehead atoms. The molecule has 2 aliphatic rings. The van der Waals surface area contributed by atoms with Crippen LogP contribution in [0.4, 0.5) is 10.5 Å². The van der Waals surface area contributed by atoms with Gasteiger partial charge in [0.05, 0.1) is 10.6 Å². The lowest BCUT2D eigenvalue weighted by Crippen LogP contribution is -2.28. The van der Waals surface area contributed by atoms with Gasteiger partial charge in [-0.1, -0.05) is 31.2 Å². The van der Waals surface area contributed by atoms with Gasteiger partial charge in [-0.2, -0.15) is 0 Å². The van der Waals surface area contributed by atoms with Crippen LogP contribution in [0, 0.1) is 0 Å². The number of thioether (sulfide) groups is 1. The maximum atomic E-state index is 12.8. The zero-order valence-electron chi connectivity index (χ0n) is 13.5. The van der Waals surface area contributed by atoms with Crippen molar-refractivity contribution in [3.05, 3.63) is 58.5 Å². The first kappa shape index (κ1) is 15.8. The number of para-hydroxylation sites is 1. The van der Waals surface area contributed by atoms with Crippen molar-refractivity contribution >= 4 is 34.7 Å². The minimum Gasteiger partial charge on any atom is -0.454 e. The summed E-state index contributed by atoms with van der Waals surface area (Å²) in [6, 6.07) is 12.9. The normalized spacial score (nSPS) is 17.6. The number of imide groups is 1. The molecule has 6 heteroatoms. The lowest BCUT2D eigenvalue weighted by atomic mass is 10.1. The molecule has 0 aliphatic carbocycles. The minimum absolute atomic E-state index is 0.198. The van der Waals surface area contributed by atoms with Crippen molar-refractivity contribution in [2.75, 3.05) is 11.7 Å². The number of rotatable bonds is 3. The zero-order chi connectivity index (χ0) is 17.4. The van der Waals surface area contributed by atoms with E-state index in [1.807, 2.05) is 31.2 Å². The monoisotopic (exact) mass is 353 g/mol. The lowest BCUT2D eigenvalue weighted by molar-refractivity contribution is -0.113. The summed E-state index contributed by atoms with van der Waals surface area (Å²) in [5.74, 6) is 1.03. The van der Waals surface area contributed by atoms with Gasteiger partial charge in [-0.15, -0.1) is 0 Å². The highest BCUT2D eigenvalue weighted by molar-refractivity contribution is 8.19. The summed E-state index contributed by atoms with van der Waals surface area (Å²) in [5.41, 5.74) is 2.41. The largest absolute Gasteiger partial charge is 0.454 e. The van der Waals surface area contributed by atoms with Crippen LogP contribution >= 0.6 is 11.8 Å². The number of aryl methyl sites for hydroxylation is 1. The van der Waals surface area contributed by atoms with Gasteiger partial charge in [0.1, 0.15) is 0 Å². The molecule has 1 fully saturated rings. The van der Waals surface area contributed by atoms with E-state index in [1.54, 1.807) is 24.3 Å². The van der Waals surface area contributed by atoms with Gasteiger partial charge >= 0.3 is 0 Å². The highest BCUT2D eigenvalue weighted by Crippen LogP contribution is 2.38.